The van der Waals surface area contributed by atoms with E-state index in [0.29, 0.717) is 36.7 Å². The first-order chi connectivity index (χ1) is 10.2. The standard InChI is InChI=1S/C16H23N3O2/c1-12(2)8-13(10-17)9-16-18-15(19-21-16)11-20-14-6-4-3-5-7-14/h3-7,12-13H,8-11,17H2,1-2H3/t13-/m0/s1. The fraction of sp³-hybridized carbons (Fsp3) is 0.500. The Morgan fingerprint density at radius 3 is 2.67 bits per heavy atom. The van der Waals surface area contributed by atoms with Crippen LogP contribution in [-0.4, -0.2) is 16.7 Å². The molecule has 2 N–H and O–H groups in total. The zero-order chi connectivity index (χ0) is 15.1. The van der Waals surface area contributed by atoms with Crippen molar-refractivity contribution in [3.63, 3.8) is 0 Å². The molecule has 1 heterocycles. The van der Waals surface area contributed by atoms with Gasteiger partial charge in [-0.3, -0.25) is 0 Å². The van der Waals surface area contributed by atoms with E-state index in [0.717, 1.165) is 18.6 Å². The maximum absolute atomic E-state index is 5.80. The highest BCUT2D eigenvalue weighted by atomic mass is 16.5. The molecular weight excluding hydrogens is 266 g/mol. The fourth-order valence-corrected chi connectivity index (χ4v) is 2.27. The van der Waals surface area contributed by atoms with E-state index in [-0.39, 0.29) is 0 Å². The second-order valence-corrected chi connectivity index (χ2v) is 5.64. The lowest BCUT2D eigenvalue weighted by molar-refractivity contribution is 0.283. The highest BCUT2D eigenvalue weighted by Gasteiger charge is 2.15. The lowest BCUT2D eigenvalue weighted by atomic mass is 9.94. The van der Waals surface area contributed by atoms with Crippen molar-refractivity contribution in [2.75, 3.05) is 6.54 Å². The molecule has 5 heteroatoms. The van der Waals surface area contributed by atoms with Gasteiger partial charge in [0, 0.05) is 6.42 Å². The minimum absolute atomic E-state index is 0.311. The summed E-state index contributed by atoms with van der Waals surface area (Å²) in [4.78, 5) is 4.36. The molecule has 1 aromatic carbocycles. The van der Waals surface area contributed by atoms with Crippen LogP contribution in [0.25, 0.3) is 0 Å². The van der Waals surface area contributed by atoms with Crippen LogP contribution in [0, 0.1) is 11.8 Å². The van der Waals surface area contributed by atoms with Gasteiger partial charge in [0.2, 0.25) is 11.7 Å². The summed E-state index contributed by atoms with van der Waals surface area (Å²) in [6.45, 7) is 5.33. The van der Waals surface area contributed by atoms with Gasteiger partial charge in [-0.1, -0.05) is 37.2 Å². The van der Waals surface area contributed by atoms with Crippen LogP contribution < -0.4 is 10.5 Å². The molecule has 0 aliphatic carbocycles. The molecule has 1 aromatic heterocycles. The molecule has 0 saturated carbocycles. The monoisotopic (exact) mass is 289 g/mol. The van der Waals surface area contributed by atoms with E-state index in [1.165, 1.54) is 0 Å². The van der Waals surface area contributed by atoms with E-state index >= 15 is 0 Å². The number of hydrogen-bond acceptors (Lipinski definition) is 5. The highest BCUT2D eigenvalue weighted by molar-refractivity contribution is 5.20. The topological polar surface area (TPSA) is 74.2 Å². The molecule has 0 fully saturated rings. The third kappa shape index (κ3) is 5.19. The average molecular weight is 289 g/mol. The molecule has 114 valence electrons. The van der Waals surface area contributed by atoms with Gasteiger partial charge in [0.25, 0.3) is 0 Å². The van der Waals surface area contributed by atoms with E-state index in [9.17, 15) is 0 Å². The molecule has 5 nitrogen and oxygen atoms in total. The Morgan fingerprint density at radius 2 is 2.00 bits per heavy atom. The SMILES string of the molecule is CC(C)C[C@H](CN)Cc1nc(COc2ccccc2)no1. The summed E-state index contributed by atoms with van der Waals surface area (Å²) in [5.41, 5.74) is 5.80. The lowest BCUT2D eigenvalue weighted by Gasteiger charge is -2.14. The average Bonchev–Trinajstić information content (AvgIpc) is 2.92. The van der Waals surface area contributed by atoms with Crippen LogP contribution in [0.3, 0.4) is 0 Å². The number of benzene rings is 1. The summed E-state index contributed by atoms with van der Waals surface area (Å²) >= 11 is 0. The highest BCUT2D eigenvalue weighted by Crippen LogP contribution is 2.16. The third-order valence-corrected chi connectivity index (χ3v) is 3.22. The zero-order valence-electron chi connectivity index (χ0n) is 12.7. The van der Waals surface area contributed by atoms with Gasteiger partial charge in [-0.15, -0.1) is 0 Å². The van der Waals surface area contributed by atoms with Crippen molar-refractivity contribution in [1.29, 1.82) is 0 Å². The number of hydrogen-bond donors (Lipinski definition) is 1. The van der Waals surface area contributed by atoms with Crippen molar-refractivity contribution >= 4 is 0 Å². The Bertz CT molecular complexity index is 525. The molecule has 0 aliphatic heterocycles. The van der Waals surface area contributed by atoms with Gasteiger partial charge in [0.05, 0.1) is 0 Å². The number of nitrogens with two attached hydrogens (primary N) is 1. The Balaban J connectivity index is 1.86. The minimum Gasteiger partial charge on any atom is -0.485 e. The van der Waals surface area contributed by atoms with Gasteiger partial charge >= 0.3 is 0 Å². The van der Waals surface area contributed by atoms with Crippen LogP contribution in [0.5, 0.6) is 5.75 Å². The summed E-state index contributed by atoms with van der Waals surface area (Å²) in [5.74, 6) is 2.99. The molecule has 1 atom stereocenters. The van der Waals surface area contributed by atoms with Crippen LogP contribution in [0.15, 0.2) is 34.9 Å². The molecular formula is C16H23N3O2. The van der Waals surface area contributed by atoms with Gasteiger partial charge in [-0.05, 0) is 36.9 Å². The molecule has 0 spiro atoms. The van der Waals surface area contributed by atoms with Crippen molar-refractivity contribution < 1.29 is 9.26 Å². The van der Waals surface area contributed by atoms with Crippen molar-refractivity contribution in [3.8, 4) is 5.75 Å². The maximum atomic E-state index is 5.80. The Kier molecular flexibility index (Phi) is 5.75. The summed E-state index contributed by atoms with van der Waals surface area (Å²) in [7, 11) is 0. The van der Waals surface area contributed by atoms with Crippen molar-refractivity contribution in [2.24, 2.45) is 17.6 Å². The predicted molar refractivity (Wildman–Crippen MR) is 80.8 cm³/mol. The van der Waals surface area contributed by atoms with E-state index in [4.69, 9.17) is 15.0 Å². The van der Waals surface area contributed by atoms with Crippen LogP contribution >= 0.6 is 0 Å². The van der Waals surface area contributed by atoms with Gasteiger partial charge in [0.15, 0.2) is 6.61 Å². The van der Waals surface area contributed by atoms with Crippen molar-refractivity contribution in [2.45, 2.75) is 33.3 Å². The van der Waals surface area contributed by atoms with Crippen LogP contribution in [0.1, 0.15) is 32.0 Å². The zero-order valence-corrected chi connectivity index (χ0v) is 12.7. The summed E-state index contributed by atoms with van der Waals surface area (Å²) in [6.07, 6.45) is 1.79. The summed E-state index contributed by atoms with van der Waals surface area (Å²) in [5, 5.41) is 3.95. The van der Waals surface area contributed by atoms with Crippen molar-refractivity contribution in [1.82, 2.24) is 10.1 Å². The number of ether oxygens (including phenoxy) is 1. The molecule has 0 aliphatic rings. The van der Waals surface area contributed by atoms with Gasteiger partial charge in [-0.2, -0.15) is 4.98 Å². The van der Waals surface area contributed by atoms with Gasteiger partial charge in [0.1, 0.15) is 5.75 Å². The lowest BCUT2D eigenvalue weighted by Crippen LogP contribution is -2.19. The van der Waals surface area contributed by atoms with Crippen LogP contribution in [0.2, 0.25) is 0 Å². The molecule has 21 heavy (non-hydrogen) atoms. The maximum Gasteiger partial charge on any atom is 0.227 e. The first-order valence-electron chi connectivity index (χ1n) is 7.36. The Morgan fingerprint density at radius 1 is 1.24 bits per heavy atom. The quantitative estimate of drug-likeness (QED) is 0.809. The largest absolute Gasteiger partial charge is 0.485 e. The van der Waals surface area contributed by atoms with E-state index in [1.54, 1.807) is 0 Å². The van der Waals surface area contributed by atoms with Crippen LogP contribution in [-0.2, 0) is 13.0 Å². The molecule has 0 bridgehead atoms. The first kappa shape index (κ1) is 15.5. The summed E-state index contributed by atoms with van der Waals surface area (Å²) < 4.78 is 10.9. The second kappa shape index (κ2) is 7.78. The van der Waals surface area contributed by atoms with E-state index in [2.05, 4.69) is 24.0 Å². The van der Waals surface area contributed by atoms with Crippen LogP contribution in [0.4, 0.5) is 0 Å². The van der Waals surface area contributed by atoms with Gasteiger partial charge < -0.3 is 15.0 Å². The number of rotatable bonds is 8. The molecule has 0 radical (unpaired) electrons. The molecule has 0 unspecified atom stereocenters. The van der Waals surface area contributed by atoms with Crippen molar-refractivity contribution in [3.05, 3.63) is 42.0 Å². The molecule has 0 saturated heterocycles. The van der Waals surface area contributed by atoms with E-state index < -0.39 is 0 Å². The number of para-hydroxylation sites is 1. The molecule has 2 aromatic rings. The number of aromatic nitrogens is 2. The third-order valence-electron chi connectivity index (χ3n) is 3.22. The molecule has 0 amide bonds. The normalized spacial score (nSPS) is 12.6. The molecule has 2 rings (SSSR count). The van der Waals surface area contributed by atoms with Gasteiger partial charge in [-0.25, -0.2) is 0 Å². The van der Waals surface area contributed by atoms with E-state index in [1.807, 2.05) is 30.3 Å². The second-order valence-electron chi connectivity index (χ2n) is 5.64. The first-order valence-corrected chi connectivity index (χ1v) is 7.36. The minimum atomic E-state index is 0.311. The predicted octanol–water partition coefficient (Wildman–Crippen LogP) is 2.81. The Labute approximate surface area is 125 Å². The smallest absolute Gasteiger partial charge is 0.227 e. The fourth-order valence-electron chi connectivity index (χ4n) is 2.27. The Hall–Kier alpha value is -1.88. The number of nitrogens with zero attached hydrogens (tertiary/aromatic N) is 2. The summed E-state index contributed by atoms with van der Waals surface area (Å²) in [6, 6.07) is 9.59.